The number of amides is 1. The molecule has 8 nitrogen and oxygen atoms in total. The van der Waals surface area contributed by atoms with Gasteiger partial charge in [-0.1, -0.05) is 12.1 Å². The molecule has 1 amide bonds. The molecule has 0 saturated heterocycles. The Labute approximate surface area is 142 Å². The van der Waals surface area contributed by atoms with Crippen molar-refractivity contribution in [2.24, 2.45) is 5.92 Å². The number of carbonyl (C=O) groups is 2. The lowest BCUT2D eigenvalue weighted by molar-refractivity contribution is -0.117. The van der Waals surface area contributed by atoms with Crippen LogP contribution in [0.5, 0.6) is 11.6 Å². The maximum absolute atomic E-state index is 11.8. The summed E-state index contributed by atoms with van der Waals surface area (Å²) in [7, 11) is 0. The fourth-order valence-electron chi connectivity index (χ4n) is 2.40. The van der Waals surface area contributed by atoms with E-state index in [9.17, 15) is 14.7 Å². The number of carbonyl (C=O) groups excluding carboxylic acids is 1. The maximum Gasteiger partial charge on any atom is 0.339 e. The van der Waals surface area contributed by atoms with E-state index in [1.807, 2.05) is 0 Å². The zero-order valence-electron chi connectivity index (χ0n) is 13.0. The molecule has 0 atom stereocenters. The Hall–Kier alpha value is -3.42. The van der Waals surface area contributed by atoms with Crippen LogP contribution < -0.4 is 10.1 Å². The smallest absolute Gasteiger partial charge is 0.339 e. The molecule has 4 rings (SSSR count). The molecule has 1 aliphatic carbocycles. The number of aromatic nitrogens is 3. The lowest BCUT2D eigenvalue weighted by Gasteiger charge is -2.07. The van der Waals surface area contributed by atoms with Crippen molar-refractivity contribution < 1.29 is 19.4 Å². The third-order valence-electron chi connectivity index (χ3n) is 3.83. The largest absolute Gasteiger partial charge is 0.478 e. The summed E-state index contributed by atoms with van der Waals surface area (Å²) >= 11 is 0. The molecule has 1 aromatic carbocycles. The standard InChI is InChI=1S/C17H14N4O4/c22-16(10-5-6-10)19-13-9-21-14(18-13)7-8-15(20-21)25-12-4-2-1-3-11(12)17(23)24/h1-4,7-10H,5-6H2,(H,19,22)(H,23,24). The molecule has 1 saturated carbocycles. The number of imidazole rings is 1. The van der Waals surface area contributed by atoms with Crippen LogP contribution in [0.2, 0.25) is 0 Å². The molecule has 0 bridgehead atoms. The fraction of sp³-hybridized carbons (Fsp3) is 0.176. The quantitative estimate of drug-likeness (QED) is 0.740. The first-order valence-corrected chi connectivity index (χ1v) is 7.77. The van der Waals surface area contributed by atoms with Crippen LogP contribution in [-0.2, 0) is 4.79 Å². The van der Waals surface area contributed by atoms with Gasteiger partial charge in [-0.05, 0) is 31.0 Å². The SMILES string of the molecule is O=C(O)c1ccccc1Oc1ccc2nc(NC(=O)C3CC3)cn2n1. The number of nitrogens with one attached hydrogen (secondary N) is 1. The molecule has 2 heterocycles. The summed E-state index contributed by atoms with van der Waals surface area (Å²) in [5.74, 6) is -0.181. The second kappa shape index (κ2) is 5.90. The van der Waals surface area contributed by atoms with E-state index < -0.39 is 5.97 Å². The number of anilines is 1. The summed E-state index contributed by atoms with van der Waals surface area (Å²) in [5.41, 5.74) is 0.595. The predicted octanol–water partition coefficient (Wildman–Crippen LogP) is 2.57. The van der Waals surface area contributed by atoms with Gasteiger partial charge >= 0.3 is 5.97 Å². The Morgan fingerprint density at radius 1 is 1.20 bits per heavy atom. The number of carboxylic acids is 1. The van der Waals surface area contributed by atoms with Crippen LogP contribution in [0, 0.1) is 5.92 Å². The number of rotatable bonds is 5. The van der Waals surface area contributed by atoms with E-state index in [1.54, 1.807) is 36.5 Å². The van der Waals surface area contributed by atoms with Crippen LogP contribution in [0.3, 0.4) is 0 Å². The van der Waals surface area contributed by atoms with Gasteiger partial charge in [0.15, 0.2) is 11.5 Å². The number of ether oxygens (including phenoxy) is 1. The highest BCUT2D eigenvalue weighted by molar-refractivity contribution is 5.93. The number of para-hydroxylation sites is 1. The number of fused-ring (bicyclic) bond motifs is 1. The van der Waals surface area contributed by atoms with Gasteiger partial charge in [0.25, 0.3) is 0 Å². The van der Waals surface area contributed by atoms with Crippen molar-refractivity contribution in [2.45, 2.75) is 12.8 Å². The topological polar surface area (TPSA) is 106 Å². The summed E-state index contributed by atoms with van der Waals surface area (Å²) in [6, 6.07) is 9.59. The molecule has 126 valence electrons. The van der Waals surface area contributed by atoms with Crippen molar-refractivity contribution in [3.8, 4) is 11.6 Å². The third-order valence-corrected chi connectivity index (χ3v) is 3.83. The highest BCUT2D eigenvalue weighted by atomic mass is 16.5. The summed E-state index contributed by atoms with van der Waals surface area (Å²) < 4.78 is 7.06. The van der Waals surface area contributed by atoms with Crippen molar-refractivity contribution in [3.63, 3.8) is 0 Å². The van der Waals surface area contributed by atoms with Crippen LogP contribution in [0.1, 0.15) is 23.2 Å². The Morgan fingerprint density at radius 2 is 2.00 bits per heavy atom. The summed E-state index contributed by atoms with van der Waals surface area (Å²) in [4.78, 5) is 27.3. The van der Waals surface area contributed by atoms with Gasteiger partial charge in [0, 0.05) is 12.0 Å². The Morgan fingerprint density at radius 3 is 2.76 bits per heavy atom. The zero-order valence-corrected chi connectivity index (χ0v) is 13.0. The fourth-order valence-corrected chi connectivity index (χ4v) is 2.40. The van der Waals surface area contributed by atoms with Gasteiger partial charge in [-0.2, -0.15) is 0 Å². The highest BCUT2D eigenvalue weighted by Crippen LogP contribution is 2.30. The predicted molar refractivity (Wildman–Crippen MR) is 87.8 cm³/mol. The van der Waals surface area contributed by atoms with Crippen molar-refractivity contribution in [1.82, 2.24) is 14.6 Å². The Kier molecular flexibility index (Phi) is 3.57. The Balaban J connectivity index is 1.58. The van der Waals surface area contributed by atoms with E-state index in [1.165, 1.54) is 10.6 Å². The van der Waals surface area contributed by atoms with Crippen molar-refractivity contribution in [3.05, 3.63) is 48.2 Å². The molecule has 3 aromatic rings. The first-order chi connectivity index (χ1) is 12.1. The summed E-state index contributed by atoms with van der Waals surface area (Å²) in [6.07, 6.45) is 3.42. The molecular weight excluding hydrogens is 324 g/mol. The second-order valence-corrected chi connectivity index (χ2v) is 5.77. The number of carboxylic acid groups (broad SMARTS) is 1. The van der Waals surface area contributed by atoms with Gasteiger partial charge in [0.05, 0.1) is 6.20 Å². The lowest BCUT2D eigenvalue weighted by Crippen LogP contribution is -2.13. The molecule has 0 aliphatic heterocycles. The number of aromatic carboxylic acids is 1. The molecule has 25 heavy (non-hydrogen) atoms. The number of nitrogens with zero attached hydrogens (tertiary/aromatic N) is 3. The average molecular weight is 338 g/mol. The molecule has 8 heteroatoms. The monoisotopic (exact) mass is 338 g/mol. The van der Waals surface area contributed by atoms with E-state index in [0.29, 0.717) is 11.5 Å². The zero-order chi connectivity index (χ0) is 17.4. The first kappa shape index (κ1) is 15.1. The third kappa shape index (κ3) is 3.14. The van der Waals surface area contributed by atoms with Gasteiger partial charge in [0.1, 0.15) is 11.3 Å². The van der Waals surface area contributed by atoms with Gasteiger partial charge in [-0.3, -0.25) is 4.79 Å². The van der Waals surface area contributed by atoms with Crippen molar-refractivity contribution in [2.75, 3.05) is 5.32 Å². The van der Waals surface area contributed by atoms with Crippen LogP contribution in [0.25, 0.3) is 5.65 Å². The van der Waals surface area contributed by atoms with Crippen LogP contribution >= 0.6 is 0 Å². The minimum Gasteiger partial charge on any atom is -0.478 e. The minimum atomic E-state index is -1.08. The summed E-state index contributed by atoms with van der Waals surface area (Å²) in [5, 5.41) is 16.2. The molecule has 1 aliphatic rings. The molecule has 0 radical (unpaired) electrons. The highest BCUT2D eigenvalue weighted by Gasteiger charge is 2.30. The van der Waals surface area contributed by atoms with Crippen LogP contribution in [-0.4, -0.2) is 31.6 Å². The molecule has 2 N–H and O–H groups in total. The van der Waals surface area contributed by atoms with Crippen LogP contribution in [0.4, 0.5) is 5.82 Å². The second-order valence-electron chi connectivity index (χ2n) is 5.77. The number of hydrogen-bond donors (Lipinski definition) is 2. The van der Waals surface area contributed by atoms with Crippen molar-refractivity contribution >= 4 is 23.3 Å². The van der Waals surface area contributed by atoms with E-state index in [2.05, 4.69) is 15.4 Å². The normalized spacial score (nSPS) is 13.6. The van der Waals surface area contributed by atoms with Crippen molar-refractivity contribution in [1.29, 1.82) is 0 Å². The molecular formula is C17H14N4O4. The summed E-state index contributed by atoms with van der Waals surface area (Å²) in [6.45, 7) is 0. The van der Waals surface area contributed by atoms with E-state index >= 15 is 0 Å². The molecule has 0 unspecified atom stereocenters. The Bertz CT molecular complexity index is 978. The van der Waals surface area contributed by atoms with Crippen LogP contribution in [0.15, 0.2) is 42.6 Å². The number of benzene rings is 1. The van der Waals surface area contributed by atoms with E-state index in [4.69, 9.17) is 4.74 Å². The molecule has 1 fully saturated rings. The molecule has 2 aromatic heterocycles. The van der Waals surface area contributed by atoms with Gasteiger partial charge in [-0.25, -0.2) is 14.3 Å². The van der Waals surface area contributed by atoms with Gasteiger partial charge < -0.3 is 15.2 Å². The molecule has 0 spiro atoms. The number of hydrogen-bond acceptors (Lipinski definition) is 5. The first-order valence-electron chi connectivity index (χ1n) is 7.77. The van der Waals surface area contributed by atoms with E-state index in [-0.39, 0.29) is 29.0 Å². The average Bonchev–Trinajstić information content (AvgIpc) is 3.36. The minimum absolute atomic E-state index is 0.0322. The van der Waals surface area contributed by atoms with Gasteiger partial charge in [-0.15, -0.1) is 5.10 Å². The lowest BCUT2D eigenvalue weighted by atomic mass is 10.2. The van der Waals surface area contributed by atoms with Gasteiger partial charge in [0.2, 0.25) is 11.8 Å². The van der Waals surface area contributed by atoms with E-state index in [0.717, 1.165) is 12.8 Å². The maximum atomic E-state index is 11.8.